The molecule has 0 saturated carbocycles. The highest BCUT2D eigenvalue weighted by atomic mass is 15.3. The molecule has 0 aliphatic rings. The van der Waals surface area contributed by atoms with Crippen LogP contribution in [-0.2, 0) is 0 Å². The van der Waals surface area contributed by atoms with E-state index in [1.54, 1.807) is 0 Å². The first-order valence-corrected chi connectivity index (χ1v) is 3.83. The minimum absolute atomic E-state index is 0.404. The van der Waals surface area contributed by atoms with E-state index in [0.29, 0.717) is 5.95 Å². The van der Waals surface area contributed by atoms with Crippen LogP contribution in [0.15, 0.2) is 11.2 Å². The van der Waals surface area contributed by atoms with Gasteiger partial charge in [-0.25, -0.2) is 15.5 Å². The summed E-state index contributed by atoms with van der Waals surface area (Å²) in [5.41, 5.74) is 13.7. The molecule has 13 heavy (non-hydrogen) atoms. The van der Waals surface area contributed by atoms with E-state index >= 15 is 0 Å². The van der Waals surface area contributed by atoms with Gasteiger partial charge in [0.25, 0.3) is 0 Å². The Hall–Kier alpha value is -1.56. The molecular formula is C7H12N6. The summed E-state index contributed by atoms with van der Waals surface area (Å²) in [6.07, 6.45) is -0.777. The lowest BCUT2D eigenvalue weighted by atomic mass is 10.4. The average Bonchev–Trinajstić information content (AvgIpc) is 2.02. The number of nitrogens with one attached hydrogen (secondary N) is 2. The molecule has 6 nitrogen and oxygen atoms in total. The molecule has 1 aromatic rings. The molecule has 0 bridgehead atoms. The normalized spacial score (nSPS) is 12.2. The van der Waals surface area contributed by atoms with E-state index in [0.717, 1.165) is 11.4 Å². The third-order valence-corrected chi connectivity index (χ3v) is 1.40. The van der Waals surface area contributed by atoms with Gasteiger partial charge in [-0.1, -0.05) is 0 Å². The highest BCUT2D eigenvalue weighted by Gasteiger charge is 2.02. The minimum Gasteiger partial charge on any atom is -0.319 e. The Bertz CT molecular complexity index is 290. The van der Waals surface area contributed by atoms with Crippen molar-refractivity contribution in [2.45, 2.75) is 20.1 Å². The maximum Gasteiger partial charge on any atom is 0.225 e. The van der Waals surface area contributed by atoms with Crippen molar-refractivity contribution >= 4 is 5.95 Å². The van der Waals surface area contributed by atoms with Gasteiger partial charge in [0.2, 0.25) is 5.95 Å². The third-order valence-electron chi connectivity index (χ3n) is 1.40. The molecule has 0 aliphatic heterocycles. The monoisotopic (exact) mass is 180 g/mol. The van der Waals surface area contributed by atoms with E-state index in [9.17, 15) is 0 Å². The lowest BCUT2D eigenvalue weighted by Crippen LogP contribution is -2.27. The number of hydrogen-bond acceptors (Lipinski definition) is 6. The average molecular weight is 180 g/mol. The Labute approximate surface area is 76.1 Å². The van der Waals surface area contributed by atoms with Gasteiger partial charge in [0.15, 0.2) is 6.29 Å². The van der Waals surface area contributed by atoms with Gasteiger partial charge in [-0.2, -0.15) is 5.11 Å². The van der Waals surface area contributed by atoms with Gasteiger partial charge < -0.3 is 5.32 Å². The van der Waals surface area contributed by atoms with E-state index in [1.165, 1.54) is 0 Å². The van der Waals surface area contributed by atoms with Gasteiger partial charge in [0.1, 0.15) is 0 Å². The molecule has 0 radical (unpaired) electrons. The number of nitrogens with zero attached hydrogens (tertiary/aromatic N) is 3. The number of aryl methyl sites for hydroxylation is 2. The number of rotatable bonds is 3. The van der Waals surface area contributed by atoms with Gasteiger partial charge in [-0.05, 0) is 19.9 Å². The van der Waals surface area contributed by atoms with Crippen LogP contribution in [0, 0.1) is 19.4 Å². The van der Waals surface area contributed by atoms with Crippen LogP contribution in [0.3, 0.4) is 0 Å². The Morgan fingerprint density at radius 3 is 2.46 bits per heavy atom. The Kier molecular flexibility index (Phi) is 2.86. The van der Waals surface area contributed by atoms with Gasteiger partial charge in [0, 0.05) is 11.4 Å². The predicted octanol–water partition coefficient (Wildman–Crippen LogP) is 0.779. The number of aromatic nitrogens is 2. The molecule has 1 heterocycles. The summed E-state index contributed by atoms with van der Waals surface area (Å²) in [6, 6.07) is 1.86. The molecule has 1 unspecified atom stereocenters. The topological polar surface area (TPSA) is 100 Å². The first-order chi connectivity index (χ1) is 6.11. The highest BCUT2D eigenvalue weighted by Crippen LogP contribution is 2.03. The molecule has 1 rings (SSSR count). The van der Waals surface area contributed by atoms with E-state index < -0.39 is 6.29 Å². The Morgan fingerprint density at radius 1 is 1.46 bits per heavy atom. The zero-order valence-corrected chi connectivity index (χ0v) is 7.57. The molecule has 0 amide bonds. The maximum absolute atomic E-state index is 6.65. The summed E-state index contributed by atoms with van der Waals surface area (Å²) in [5.74, 6) is 0.404. The van der Waals surface area contributed by atoms with Crippen molar-refractivity contribution in [2.24, 2.45) is 10.8 Å². The van der Waals surface area contributed by atoms with E-state index in [1.807, 2.05) is 19.9 Å². The van der Waals surface area contributed by atoms with Gasteiger partial charge >= 0.3 is 0 Å². The van der Waals surface area contributed by atoms with Crippen LogP contribution >= 0.6 is 0 Å². The zero-order chi connectivity index (χ0) is 9.84. The second-order valence-electron chi connectivity index (χ2n) is 2.69. The molecule has 6 heteroatoms. The van der Waals surface area contributed by atoms with Crippen LogP contribution in [0.2, 0.25) is 0 Å². The SMILES string of the molecule is Cc1cc(C)nc(NC(N)N=N)n1. The molecule has 0 aromatic carbocycles. The summed E-state index contributed by atoms with van der Waals surface area (Å²) < 4.78 is 0. The quantitative estimate of drug-likeness (QED) is 0.472. The van der Waals surface area contributed by atoms with E-state index in [2.05, 4.69) is 20.4 Å². The molecular weight excluding hydrogens is 168 g/mol. The standard InChI is InChI=1S/C7H12N6/c1-4-3-5(2)11-7(10-4)12-6(8)13-9/h3,6,9H,8H2,1-2H3,(H,10,11,12). The molecule has 0 aliphatic carbocycles. The van der Waals surface area contributed by atoms with Crippen LogP contribution in [0.25, 0.3) is 0 Å². The van der Waals surface area contributed by atoms with Crippen LogP contribution in [-0.4, -0.2) is 16.3 Å². The van der Waals surface area contributed by atoms with Crippen LogP contribution in [0.4, 0.5) is 5.95 Å². The van der Waals surface area contributed by atoms with Crippen molar-refractivity contribution in [2.75, 3.05) is 5.32 Å². The van der Waals surface area contributed by atoms with Crippen LogP contribution < -0.4 is 11.1 Å². The smallest absolute Gasteiger partial charge is 0.225 e. The second kappa shape index (κ2) is 3.90. The summed E-state index contributed by atoms with van der Waals surface area (Å²) in [4.78, 5) is 8.15. The lowest BCUT2D eigenvalue weighted by molar-refractivity contribution is 0.719. The van der Waals surface area contributed by atoms with Crippen molar-refractivity contribution in [3.05, 3.63) is 17.5 Å². The van der Waals surface area contributed by atoms with Crippen LogP contribution in [0.5, 0.6) is 0 Å². The second-order valence-corrected chi connectivity index (χ2v) is 2.69. The summed E-state index contributed by atoms with van der Waals surface area (Å²) >= 11 is 0. The fourth-order valence-electron chi connectivity index (χ4n) is 0.955. The van der Waals surface area contributed by atoms with Crippen molar-refractivity contribution in [1.82, 2.24) is 9.97 Å². The van der Waals surface area contributed by atoms with Gasteiger partial charge in [-0.15, -0.1) is 0 Å². The summed E-state index contributed by atoms with van der Waals surface area (Å²) in [5, 5.41) is 5.75. The van der Waals surface area contributed by atoms with E-state index in [-0.39, 0.29) is 0 Å². The van der Waals surface area contributed by atoms with Crippen LogP contribution in [0.1, 0.15) is 11.4 Å². The van der Waals surface area contributed by atoms with Crippen molar-refractivity contribution in [1.29, 1.82) is 5.53 Å². The third kappa shape index (κ3) is 2.75. The maximum atomic E-state index is 6.65. The molecule has 0 spiro atoms. The van der Waals surface area contributed by atoms with Crippen molar-refractivity contribution in [3.8, 4) is 0 Å². The Balaban J connectivity index is 2.82. The Morgan fingerprint density at radius 2 is 2.00 bits per heavy atom. The lowest BCUT2D eigenvalue weighted by Gasteiger charge is -2.08. The molecule has 0 saturated heterocycles. The first kappa shape index (κ1) is 9.53. The molecule has 4 N–H and O–H groups in total. The minimum atomic E-state index is -0.777. The highest BCUT2D eigenvalue weighted by molar-refractivity contribution is 5.28. The number of hydrogen-bond donors (Lipinski definition) is 3. The van der Waals surface area contributed by atoms with E-state index in [4.69, 9.17) is 11.3 Å². The fraction of sp³-hybridized carbons (Fsp3) is 0.429. The molecule has 1 aromatic heterocycles. The number of nitrogens with two attached hydrogens (primary N) is 1. The van der Waals surface area contributed by atoms with Crippen molar-refractivity contribution in [3.63, 3.8) is 0 Å². The van der Waals surface area contributed by atoms with Crippen molar-refractivity contribution < 1.29 is 0 Å². The van der Waals surface area contributed by atoms with Gasteiger partial charge in [0.05, 0.1) is 0 Å². The zero-order valence-electron chi connectivity index (χ0n) is 7.57. The summed E-state index contributed by atoms with van der Waals surface area (Å²) in [7, 11) is 0. The predicted molar refractivity (Wildman–Crippen MR) is 48.3 cm³/mol. The number of anilines is 1. The largest absolute Gasteiger partial charge is 0.319 e. The molecule has 0 fully saturated rings. The summed E-state index contributed by atoms with van der Waals surface area (Å²) in [6.45, 7) is 3.73. The first-order valence-electron chi connectivity index (χ1n) is 3.83. The van der Waals surface area contributed by atoms with Gasteiger partial charge in [-0.3, -0.25) is 5.73 Å². The fourth-order valence-corrected chi connectivity index (χ4v) is 0.955. The molecule has 70 valence electrons. The molecule has 1 atom stereocenters.